The van der Waals surface area contributed by atoms with Crippen LogP contribution in [0.3, 0.4) is 0 Å². The van der Waals surface area contributed by atoms with Gasteiger partial charge in [0.15, 0.2) is 0 Å². The first-order valence-corrected chi connectivity index (χ1v) is 14.3. The second kappa shape index (κ2) is 22.8. The number of anilines is 1. The normalized spacial score (nSPS) is 11.1. The Morgan fingerprint density at radius 2 is 1.49 bits per heavy atom. The summed E-state index contributed by atoms with van der Waals surface area (Å²) in [5, 5.41) is 20.6. The number of carboxylic acids is 2. The van der Waals surface area contributed by atoms with Gasteiger partial charge in [-0.3, -0.25) is 14.4 Å². The van der Waals surface area contributed by atoms with Crippen LogP contribution >= 0.6 is 11.8 Å². The van der Waals surface area contributed by atoms with Crippen LogP contribution in [0.2, 0.25) is 0 Å². The molecule has 39 heavy (non-hydrogen) atoms. The van der Waals surface area contributed by atoms with Crippen LogP contribution in [0, 0.1) is 0 Å². The van der Waals surface area contributed by atoms with E-state index < -0.39 is 24.3 Å². The number of aliphatic carboxylic acids is 2. The Balaban J connectivity index is 0.00000722. The van der Waals surface area contributed by atoms with E-state index in [9.17, 15) is 14.4 Å². The van der Waals surface area contributed by atoms with E-state index in [0.717, 1.165) is 24.2 Å². The van der Waals surface area contributed by atoms with Gasteiger partial charge in [0.1, 0.15) is 6.42 Å². The Morgan fingerprint density at radius 1 is 0.821 bits per heavy atom. The summed E-state index contributed by atoms with van der Waals surface area (Å²) in [5.74, 6) is -2.50. The fraction of sp³-hybridized carbons (Fsp3) is 0.500. The van der Waals surface area contributed by atoms with E-state index >= 15 is 0 Å². The van der Waals surface area contributed by atoms with Crippen molar-refractivity contribution in [2.75, 3.05) is 5.32 Å². The molecule has 2 aromatic carbocycles. The molecule has 1 unspecified atom stereocenters. The van der Waals surface area contributed by atoms with Gasteiger partial charge in [-0.25, -0.2) is 0 Å². The number of rotatable bonds is 19. The molecule has 1 amide bonds. The molecule has 0 heterocycles. The summed E-state index contributed by atoms with van der Waals surface area (Å²) in [5.41, 5.74) is 3.10. The van der Waals surface area contributed by atoms with Crippen LogP contribution in [0.5, 0.6) is 0 Å². The third-order valence-corrected chi connectivity index (χ3v) is 7.55. The quantitative estimate of drug-likeness (QED) is 0.0757. The van der Waals surface area contributed by atoms with Crippen molar-refractivity contribution in [3.63, 3.8) is 0 Å². The number of hydrogen-bond acceptors (Lipinski definition) is 4. The Bertz CT molecular complexity index is 988. The number of unbranched alkanes of at least 4 members (excludes halogenated alkanes) is 7. The van der Waals surface area contributed by atoms with Crippen molar-refractivity contribution < 1.29 is 24.6 Å². The predicted molar refractivity (Wildman–Crippen MR) is 164 cm³/mol. The van der Waals surface area contributed by atoms with Crippen LogP contribution in [-0.4, -0.2) is 87.2 Å². The number of nitrogens with one attached hydrogen (secondary N) is 1. The van der Waals surface area contributed by atoms with E-state index in [0.29, 0.717) is 12.1 Å². The molecule has 0 bridgehead atoms. The number of carbonyl (C=O) groups excluding carboxylic acids is 1. The third-order valence-electron chi connectivity index (χ3n) is 6.24. The summed E-state index contributed by atoms with van der Waals surface area (Å²) >= 11 is 1.68. The first-order valence-electron chi connectivity index (χ1n) is 13.5. The Hall–Kier alpha value is -0.800. The molecule has 2 rings (SSSR count). The van der Waals surface area contributed by atoms with Gasteiger partial charge in [-0.2, -0.15) is 0 Å². The number of carboxylic acid groups (broad SMARTS) is 2. The first-order chi connectivity index (χ1) is 17.9. The van der Waals surface area contributed by atoms with E-state index in [1.54, 1.807) is 17.8 Å². The number of thioether (sulfide) groups is 1. The third kappa shape index (κ3) is 17.6. The molecule has 206 valence electrons. The predicted octanol–water partition coefficient (Wildman–Crippen LogP) is 6.57. The van der Waals surface area contributed by atoms with Gasteiger partial charge in [0.25, 0.3) is 0 Å². The summed E-state index contributed by atoms with van der Waals surface area (Å²) < 4.78 is 0. The van der Waals surface area contributed by atoms with Crippen LogP contribution in [0.1, 0.15) is 100 Å². The molecule has 6 nitrogen and oxygen atoms in total. The van der Waals surface area contributed by atoms with E-state index in [1.807, 2.05) is 18.2 Å². The number of amides is 1. The van der Waals surface area contributed by atoms with Crippen LogP contribution in [0.25, 0.3) is 0 Å². The Kier molecular flexibility index (Phi) is 22.4. The molecule has 0 saturated carbocycles. The van der Waals surface area contributed by atoms with Crippen LogP contribution in [-0.2, 0) is 20.8 Å². The molecular weight excluding hydrogens is 532 g/mol. The van der Waals surface area contributed by atoms with Gasteiger partial charge in [0.2, 0.25) is 5.91 Å². The number of aryl methyl sites for hydroxylation is 1. The van der Waals surface area contributed by atoms with Crippen LogP contribution < -0.4 is 5.32 Å². The SMILES string of the molecule is CCCCCCCCCc1ccc(C(CCCCC(=O)O)Sc2cccc(NC(=O)CC(=O)O)c2)cc1.[NaH].[NaH]. The average molecular weight is 576 g/mol. The molecule has 0 spiro atoms. The van der Waals surface area contributed by atoms with Crippen molar-refractivity contribution in [3.05, 3.63) is 59.7 Å². The molecule has 0 aromatic heterocycles. The van der Waals surface area contributed by atoms with Gasteiger partial charge in [-0.1, -0.05) is 82.2 Å². The van der Waals surface area contributed by atoms with E-state index in [-0.39, 0.29) is 70.8 Å². The van der Waals surface area contributed by atoms with Gasteiger partial charge >= 0.3 is 71.1 Å². The molecule has 0 aliphatic rings. The Labute approximate surface area is 282 Å². The molecule has 0 saturated heterocycles. The summed E-state index contributed by atoms with van der Waals surface area (Å²) in [4.78, 5) is 34.5. The van der Waals surface area contributed by atoms with E-state index in [4.69, 9.17) is 10.2 Å². The molecule has 1 atom stereocenters. The maximum absolute atomic E-state index is 11.8. The number of benzene rings is 2. The molecule has 3 N–H and O–H groups in total. The Morgan fingerprint density at radius 3 is 2.13 bits per heavy atom. The second-order valence-electron chi connectivity index (χ2n) is 9.51. The van der Waals surface area contributed by atoms with Crippen molar-refractivity contribution >= 4 is 94.4 Å². The zero-order valence-electron chi connectivity index (χ0n) is 21.9. The summed E-state index contributed by atoms with van der Waals surface area (Å²) in [7, 11) is 0. The zero-order valence-corrected chi connectivity index (χ0v) is 22.7. The van der Waals surface area contributed by atoms with Crippen molar-refractivity contribution in [1.82, 2.24) is 0 Å². The van der Waals surface area contributed by atoms with Crippen LogP contribution in [0.4, 0.5) is 5.69 Å². The van der Waals surface area contributed by atoms with Crippen LogP contribution in [0.15, 0.2) is 53.4 Å². The number of hydrogen-bond donors (Lipinski definition) is 3. The average Bonchev–Trinajstić information content (AvgIpc) is 2.85. The topological polar surface area (TPSA) is 104 Å². The van der Waals surface area contributed by atoms with Gasteiger partial charge < -0.3 is 15.5 Å². The van der Waals surface area contributed by atoms with Crippen molar-refractivity contribution in [2.24, 2.45) is 0 Å². The molecule has 0 aliphatic carbocycles. The van der Waals surface area contributed by atoms with E-state index in [2.05, 4.69) is 36.5 Å². The molecule has 2 aromatic rings. The second-order valence-corrected chi connectivity index (χ2v) is 10.8. The van der Waals surface area contributed by atoms with E-state index in [1.165, 1.54) is 56.1 Å². The molecule has 0 radical (unpaired) electrons. The molecule has 0 fully saturated rings. The van der Waals surface area contributed by atoms with Gasteiger partial charge in [0.05, 0.1) is 0 Å². The fourth-order valence-electron chi connectivity index (χ4n) is 4.24. The molecule has 0 aliphatic heterocycles. The van der Waals surface area contributed by atoms with Gasteiger partial charge in [-0.15, -0.1) is 11.8 Å². The zero-order chi connectivity index (χ0) is 26.9. The van der Waals surface area contributed by atoms with Crippen molar-refractivity contribution in [1.29, 1.82) is 0 Å². The minimum atomic E-state index is -1.17. The monoisotopic (exact) mass is 575 g/mol. The standard InChI is InChI=1S/C30H41NO5S.2Na.2H/c1-2-3-4-5-6-7-8-12-23-17-19-24(20-18-23)27(15-9-10-16-29(33)34)37-26-14-11-13-25(21-26)31-28(32)22-30(35)36;;;;/h11,13-14,17-21,27H,2-10,12,15-16,22H2,1H3,(H,31,32)(H,33,34)(H,35,36);;;;. The minimum absolute atomic E-state index is 0. The first kappa shape index (κ1) is 38.2. The number of carbonyl (C=O) groups is 3. The summed E-state index contributed by atoms with van der Waals surface area (Å²) in [6.07, 6.45) is 12.0. The van der Waals surface area contributed by atoms with Gasteiger partial charge in [0, 0.05) is 22.3 Å². The summed E-state index contributed by atoms with van der Waals surface area (Å²) in [6, 6.07) is 16.2. The molecular formula is C30H43NNa2O5S. The van der Waals surface area contributed by atoms with Gasteiger partial charge in [-0.05, 0) is 55.0 Å². The maximum atomic E-state index is 11.8. The van der Waals surface area contributed by atoms with Crippen molar-refractivity contribution in [2.45, 2.75) is 101 Å². The summed E-state index contributed by atoms with van der Waals surface area (Å²) in [6.45, 7) is 2.24. The molecule has 9 heteroatoms. The fourth-order valence-corrected chi connectivity index (χ4v) is 5.50. The van der Waals surface area contributed by atoms with Crippen molar-refractivity contribution in [3.8, 4) is 0 Å².